The molecule has 14 heteroatoms. The zero-order valence-corrected chi connectivity index (χ0v) is 30.1. The number of allylic oxidation sites excluding steroid dienone is 1. The summed E-state index contributed by atoms with van der Waals surface area (Å²) in [5, 5.41) is 1.56. The van der Waals surface area contributed by atoms with Gasteiger partial charge in [0.15, 0.2) is 0 Å². The summed E-state index contributed by atoms with van der Waals surface area (Å²) in [7, 11) is 0. The van der Waals surface area contributed by atoms with E-state index < -0.39 is 23.5 Å². The Morgan fingerprint density at radius 2 is 1.74 bits per heavy atom. The lowest BCUT2D eigenvalue weighted by molar-refractivity contribution is -0.189. The van der Waals surface area contributed by atoms with E-state index in [1.807, 2.05) is 6.07 Å². The third-order valence-corrected chi connectivity index (χ3v) is 9.30. The number of rotatable bonds is 19. The summed E-state index contributed by atoms with van der Waals surface area (Å²) in [5.74, 6) is -1.81. The highest BCUT2D eigenvalue weighted by molar-refractivity contribution is 7.81. The van der Waals surface area contributed by atoms with Gasteiger partial charge in [0, 0.05) is 22.8 Å². The molecule has 2 aromatic heterocycles. The molecule has 4 rings (SSSR count). The fourth-order valence-electron chi connectivity index (χ4n) is 5.87. The molecule has 0 amide bonds. The maximum Gasteiger partial charge on any atom is 0.355 e. The fourth-order valence-corrected chi connectivity index (χ4v) is 6.70. The maximum absolute atomic E-state index is 13.6. The highest BCUT2D eigenvalue weighted by atomic mass is 32.1. The van der Waals surface area contributed by atoms with E-state index in [2.05, 4.69) is 43.4 Å². The third kappa shape index (κ3) is 9.46. The number of fused-ring (bicyclic) bond motifs is 4. The van der Waals surface area contributed by atoms with Gasteiger partial charge in [0.2, 0.25) is 5.60 Å². The molecule has 270 valence electrons. The van der Waals surface area contributed by atoms with Crippen LogP contribution in [0.5, 0.6) is 0 Å². The molecule has 2 aromatic rings. The van der Waals surface area contributed by atoms with Crippen molar-refractivity contribution in [3.63, 3.8) is 0 Å². The van der Waals surface area contributed by atoms with Crippen molar-refractivity contribution >= 4 is 61.8 Å². The smallest absolute Gasteiger partial charge is 0.355 e. The molecule has 0 N–H and O–H groups in total. The molecule has 0 aromatic carbocycles. The largest absolute Gasteiger partial charge is 0.463 e. The molecule has 12 nitrogen and oxygen atoms in total. The molecule has 0 fully saturated rings. The minimum absolute atomic E-state index is 0.00807. The molecule has 4 heterocycles. The first kappa shape index (κ1) is 38.9. The molecule has 50 heavy (non-hydrogen) atoms. The number of carbonyl (C=O) groups is 4. The normalized spacial score (nSPS) is 16.9. The Morgan fingerprint density at radius 1 is 1.04 bits per heavy atom. The minimum Gasteiger partial charge on any atom is -0.463 e. The van der Waals surface area contributed by atoms with E-state index in [0.717, 1.165) is 42.2 Å². The van der Waals surface area contributed by atoms with Crippen LogP contribution in [0.3, 0.4) is 0 Å². The zero-order valence-electron chi connectivity index (χ0n) is 28.3. The van der Waals surface area contributed by atoms with E-state index in [9.17, 15) is 24.0 Å². The quantitative estimate of drug-likeness (QED) is 0.0813. The first-order valence-electron chi connectivity index (χ1n) is 16.7. The molecule has 0 aliphatic carbocycles. The van der Waals surface area contributed by atoms with Crippen LogP contribution in [-0.2, 0) is 61.6 Å². The van der Waals surface area contributed by atoms with Crippen molar-refractivity contribution in [2.45, 2.75) is 82.3 Å². The molecule has 2 aliphatic heterocycles. The number of unbranched alkanes of at least 4 members (excludes halogenated alkanes) is 1. The lowest BCUT2D eigenvalue weighted by Gasteiger charge is -2.35. The third-order valence-electron chi connectivity index (χ3n) is 8.53. The highest BCUT2D eigenvalue weighted by Gasteiger charge is 2.50. The number of esters is 4. The second-order valence-corrected chi connectivity index (χ2v) is 13.1. The van der Waals surface area contributed by atoms with E-state index in [0.29, 0.717) is 28.4 Å². The molecule has 0 saturated heterocycles. The summed E-state index contributed by atoms with van der Waals surface area (Å²) in [6.07, 6.45) is 6.53. The zero-order chi connectivity index (χ0) is 36.3. The summed E-state index contributed by atoms with van der Waals surface area (Å²) < 4.78 is 28.3. The van der Waals surface area contributed by atoms with Gasteiger partial charge < -0.3 is 28.3 Å². The van der Waals surface area contributed by atoms with Gasteiger partial charge >= 0.3 is 23.9 Å². The first-order chi connectivity index (χ1) is 24.0. The van der Waals surface area contributed by atoms with Crippen LogP contribution in [0.4, 0.5) is 0 Å². The summed E-state index contributed by atoms with van der Waals surface area (Å²) in [4.78, 5) is 68.6. The lowest BCUT2D eigenvalue weighted by Crippen LogP contribution is -2.47. The van der Waals surface area contributed by atoms with Gasteiger partial charge in [0.25, 0.3) is 5.56 Å². The first-order valence-corrected chi connectivity index (χ1v) is 17.9. The Balaban J connectivity index is 1.25. The second kappa shape index (κ2) is 18.4. The van der Waals surface area contributed by atoms with Gasteiger partial charge in [0.05, 0.1) is 54.9 Å². The maximum atomic E-state index is 13.6. The van der Waals surface area contributed by atoms with Crippen LogP contribution in [0.2, 0.25) is 0 Å². The van der Waals surface area contributed by atoms with Crippen LogP contribution >= 0.6 is 25.3 Å². The number of nitrogens with zero attached hydrogens (tertiary/aromatic N) is 2. The number of thiol groups is 2. The van der Waals surface area contributed by atoms with Gasteiger partial charge in [-0.3, -0.25) is 19.2 Å². The average Bonchev–Trinajstić information content (AvgIpc) is 3.44. The monoisotopic (exact) mass is 728 g/mol. The van der Waals surface area contributed by atoms with Gasteiger partial charge in [0.1, 0.15) is 19.8 Å². The minimum atomic E-state index is -1.88. The Kier molecular flexibility index (Phi) is 14.3. The van der Waals surface area contributed by atoms with Crippen molar-refractivity contribution in [1.29, 1.82) is 0 Å². The van der Waals surface area contributed by atoms with Crippen molar-refractivity contribution in [2.24, 2.45) is 0 Å². The Hall–Kier alpha value is -3.88. The second-order valence-electron chi connectivity index (χ2n) is 11.9. The van der Waals surface area contributed by atoms with Crippen molar-refractivity contribution in [2.75, 3.05) is 32.2 Å². The fraction of sp³-hybridized carbons (Fsp3) is 0.500. The number of pyridine rings is 2. The molecule has 2 unspecified atom stereocenters. The molecule has 2 aliphatic rings. The predicted octanol–water partition coefficient (Wildman–Crippen LogP) is 2.92. The topological polar surface area (TPSA) is 149 Å². The van der Waals surface area contributed by atoms with Crippen LogP contribution in [0.15, 0.2) is 29.6 Å². The Morgan fingerprint density at radius 3 is 2.42 bits per heavy atom. The highest BCUT2D eigenvalue weighted by Crippen LogP contribution is 2.40. The van der Waals surface area contributed by atoms with Crippen LogP contribution < -0.4 is 16.1 Å². The van der Waals surface area contributed by atoms with E-state index >= 15 is 0 Å². The lowest BCUT2D eigenvalue weighted by atomic mass is 9.85. The average molecular weight is 729 g/mol. The van der Waals surface area contributed by atoms with Crippen LogP contribution in [0, 0.1) is 0 Å². The summed E-state index contributed by atoms with van der Waals surface area (Å²) in [6, 6.07) is 3.55. The van der Waals surface area contributed by atoms with Crippen LogP contribution in [0.1, 0.15) is 75.0 Å². The molecule has 0 spiro atoms. The van der Waals surface area contributed by atoms with Crippen molar-refractivity contribution in [3.05, 3.63) is 62.4 Å². The molecular formula is C36H44N2O10S2. The van der Waals surface area contributed by atoms with Gasteiger partial charge in [-0.1, -0.05) is 38.7 Å². The van der Waals surface area contributed by atoms with Crippen molar-refractivity contribution in [3.8, 4) is 11.4 Å². The van der Waals surface area contributed by atoms with Gasteiger partial charge in [-0.2, -0.15) is 25.3 Å². The summed E-state index contributed by atoms with van der Waals surface area (Å²) in [5.41, 5.74) is 0.0132. The Labute approximate surface area is 301 Å². The van der Waals surface area contributed by atoms with Crippen molar-refractivity contribution < 1.29 is 42.9 Å². The molecule has 0 saturated carbocycles. The van der Waals surface area contributed by atoms with Gasteiger partial charge in [-0.15, -0.1) is 0 Å². The molecule has 2 atom stereocenters. The van der Waals surface area contributed by atoms with Crippen molar-refractivity contribution in [1.82, 2.24) is 9.55 Å². The number of hydrogen-bond acceptors (Lipinski definition) is 13. The summed E-state index contributed by atoms with van der Waals surface area (Å²) in [6.45, 7) is 9.61. The standard InChI is InChI=1S/C36H44N2O10S2/c1-4-8-24-19-25-21-38-29(33(25)37-23(24)3)20-28-27(34(38)42)22-47-35(43)36(28,5-2)48-32(41)12-11-31(40)46-17-15-44-14-16-45-30(39)10-7-6-9-26(50)13-18-49/h4,8,19-20,26,49-50H,1,3,5-7,9-18,21-22H2,2H3. The van der Waals surface area contributed by atoms with Crippen LogP contribution in [0.25, 0.3) is 24.0 Å². The van der Waals surface area contributed by atoms with E-state index in [4.69, 9.17) is 23.7 Å². The molecule has 0 bridgehead atoms. The van der Waals surface area contributed by atoms with Gasteiger partial charge in [-0.25, -0.2) is 9.78 Å². The summed E-state index contributed by atoms with van der Waals surface area (Å²) >= 11 is 8.66. The van der Waals surface area contributed by atoms with Crippen LogP contribution in [-0.4, -0.2) is 70.9 Å². The predicted molar refractivity (Wildman–Crippen MR) is 192 cm³/mol. The van der Waals surface area contributed by atoms with E-state index in [1.54, 1.807) is 29.7 Å². The Bertz CT molecular complexity index is 1780. The number of hydrogen-bond donors (Lipinski definition) is 2. The van der Waals surface area contributed by atoms with E-state index in [-0.39, 0.29) is 81.5 Å². The van der Waals surface area contributed by atoms with Gasteiger partial charge in [-0.05, 0) is 48.8 Å². The number of ether oxygens (including phenoxy) is 5. The SMILES string of the molecule is C=CC=c1cc2c(nc1=C)-c1cc3c(c(=O)n1C2)COC(=O)C3(CC)OC(=O)CCC(=O)OCCOCCOC(=O)CCCCC(S)CCS. The van der Waals surface area contributed by atoms with E-state index in [1.165, 1.54) is 0 Å². The molecule has 0 radical (unpaired) electrons. The number of carbonyl (C=O) groups excluding carboxylic acids is 4. The number of aromatic nitrogens is 2. The molecular weight excluding hydrogens is 685 g/mol. The number of cyclic esters (lactones) is 1.